The number of carbonyl (C=O) groups excluding carboxylic acids is 1. The van der Waals surface area contributed by atoms with Gasteiger partial charge in [0.15, 0.2) is 14.9 Å². The topological polar surface area (TPSA) is 95.5 Å². The highest BCUT2D eigenvalue weighted by Crippen LogP contribution is 2.45. The smallest absolute Gasteiger partial charge is 0.319 e. The van der Waals surface area contributed by atoms with Crippen molar-refractivity contribution in [2.75, 3.05) is 13.4 Å². The second-order valence-electron chi connectivity index (χ2n) is 5.93. The first-order valence-electron chi connectivity index (χ1n) is 7.12. The Labute approximate surface area is 129 Å². The highest BCUT2D eigenvalue weighted by Gasteiger charge is 2.53. The van der Waals surface area contributed by atoms with Crippen LogP contribution in [0.4, 0.5) is 0 Å². The molecule has 0 N–H and O–H groups in total. The van der Waals surface area contributed by atoms with Gasteiger partial charge >= 0.3 is 5.97 Å². The van der Waals surface area contributed by atoms with Crippen LogP contribution in [0.15, 0.2) is 17.3 Å². The Bertz CT molecular complexity index is 691. The third-order valence-electron chi connectivity index (χ3n) is 4.36. The molecule has 0 aromatic carbocycles. The number of sulfone groups is 1. The van der Waals surface area contributed by atoms with Crippen LogP contribution in [0.5, 0.6) is 0 Å². The average Bonchev–Trinajstić information content (AvgIpc) is 2.84. The van der Waals surface area contributed by atoms with E-state index in [4.69, 9.17) is 9.47 Å². The average molecular weight is 326 g/mol. The summed E-state index contributed by atoms with van der Waals surface area (Å²) in [6.45, 7) is 0. The third kappa shape index (κ3) is 2.50. The van der Waals surface area contributed by atoms with Gasteiger partial charge in [0.05, 0.1) is 19.3 Å². The van der Waals surface area contributed by atoms with Gasteiger partial charge in [-0.2, -0.15) is 0 Å². The molecule has 2 saturated heterocycles. The Morgan fingerprint density at radius 3 is 2.55 bits per heavy atom. The van der Waals surface area contributed by atoms with Crippen LogP contribution in [0.1, 0.15) is 31.5 Å². The van der Waals surface area contributed by atoms with Crippen molar-refractivity contribution >= 4 is 15.8 Å². The molecule has 2 aliphatic heterocycles. The first kappa shape index (κ1) is 15.4. The van der Waals surface area contributed by atoms with E-state index >= 15 is 0 Å². The van der Waals surface area contributed by atoms with Crippen LogP contribution < -0.4 is 0 Å². The van der Waals surface area contributed by atoms with Crippen LogP contribution in [0.3, 0.4) is 0 Å². The number of methoxy groups -OCH3 is 1. The van der Waals surface area contributed by atoms with E-state index in [0.717, 1.165) is 19.1 Å². The Morgan fingerprint density at radius 2 is 2.00 bits per heavy atom. The molecular formula is C14H18N2O5S. The van der Waals surface area contributed by atoms with Crippen LogP contribution in [0, 0.1) is 0 Å². The summed E-state index contributed by atoms with van der Waals surface area (Å²) < 4.78 is 34.2. The van der Waals surface area contributed by atoms with Crippen LogP contribution in [0.25, 0.3) is 0 Å². The number of fused-ring (bicyclic) bond motifs is 2. The van der Waals surface area contributed by atoms with Crippen molar-refractivity contribution in [3.8, 4) is 0 Å². The summed E-state index contributed by atoms with van der Waals surface area (Å²) in [6, 6.07) is 1.33. The van der Waals surface area contributed by atoms with Gasteiger partial charge < -0.3 is 9.47 Å². The minimum Gasteiger partial charge on any atom is -0.468 e. The summed E-state index contributed by atoms with van der Waals surface area (Å²) >= 11 is 0. The van der Waals surface area contributed by atoms with Gasteiger partial charge in [0.1, 0.15) is 11.2 Å². The Hall–Kier alpha value is -1.54. The van der Waals surface area contributed by atoms with E-state index in [1.54, 1.807) is 0 Å². The van der Waals surface area contributed by atoms with Crippen molar-refractivity contribution in [3.63, 3.8) is 0 Å². The van der Waals surface area contributed by atoms with Crippen molar-refractivity contribution < 1.29 is 22.7 Å². The molecule has 3 heterocycles. The van der Waals surface area contributed by atoms with E-state index in [2.05, 4.69) is 9.97 Å². The molecule has 0 amide bonds. The van der Waals surface area contributed by atoms with Crippen molar-refractivity contribution in [1.82, 2.24) is 9.97 Å². The first-order valence-corrected chi connectivity index (χ1v) is 9.02. The summed E-state index contributed by atoms with van der Waals surface area (Å²) in [4.78, 5) is 20.8. The maximum atomic E-state index is 12.5. The number of aromatic nitrogens is 2. The van der Waals surface area contributed by atoms with Crippen LogP contribution in [-0.4, -0.2) is 49.9 Å². The molecule has 2 fully saturated rings. The van der Waals surface area contributed by atoms with Crippen molar-refractivity contribution in [1.29, 1.82) is 0 Å². The summed E-state index contributed by atoms with van der Waals surface area (Å²) in [5, 5.41) is -0.0837. The number of hydrogen-bond donors (Lipinski definition) is 0. The fourth-order valence-electron chi connectivity index (χ4n) is 3.36. The van der Waals surface area contributed by atoms with Crippen LogP contribution >= 0.6 is 0 Å². The number of ether oxygens (including phenoxy) is 2. The zero-order chi connectivity index (χ0) is 16.0. The zero-order valence-corrected chi connectivity index (χ0v) is 13.3. The molecule has 0 saturated carbocycles. The van der Waals surface area contributed by atoms with Crippen LogP contribution in [-0.2, 0) is 29.5 Å². The molecule has 22 heavy (non-hydrogen) atoms. The molecule has 1 aromatic rings. The molecule has 3 rings (SSSR count). The van der Waals surface area contributed by atoms with Crippen molar-refractivity contribution in [3.05, 3.63) is 18.1 Å². The number of esters is 1. The maximum Gasteiger partial charge on any atom is 0.319 e. The molecule has 2 aliphatic rings. The molecule has 7 nitrogen and oxygen atoms in total. The number of nitrogens with zero attached hydrogens (tertiary/aromatic N) is 2. The highest BCUT2D eigenvalue weighted by atomic mass is 32.2. The predicted molar refractivity (Wildman–Crippen MR) is 76.0 cm³/mol. The Kier molecular flexibility index (Phi) is 3.68. The molecule has 120 valence electrons. The van der Waals surface area contributed by atoms with Gasteiger partial charge in [-0.3, -0.25) is 4.79 Å². The molecule has 0 aliphatic carbocycles. The lowest BCUT2D eigenvalue weighted by atomic mass is 9.76. The van der Waals surface area contributed by atoms with E-state index in [-0.39, 0.29) is 23.1 Å². The van der Waals surface area contributed by atoms with Gasteiger partial charge in [-0.05, 0) is 31.7 Å². The first-order chi connectivity index (χ1) is 10.3. The molecule has 2 unspecified atom stereocenters. The number of rotatable bonds is 3. The van der Waals surface area contributed by atoms with Gasteiger partial charge in [0.2, 0.25) is 0 Å². The predicted octanol–water partition coefficient (Wildman–Crippen LogP) is 0.632. The van der Waals surface area contributed by atoms with E-state index in [9.17, 15) is 13.2 Å². The largest absolute Gasteiger partial charge is 0.468 e. The molecule has 1 aromatic heterocycles. The third-order valence-corrected chi connectivity index (χ3v) is 5.35. The molecular weight excluding hydrogens is 308 g/mol. The lowest BCUT2D eigenvalue weighted by molar-refractivity contribution is -0.155. The van der Waals surface area contributed by atoms with E-state index in [1.807, 2.05) is 0 Å². The summed E-state index contributed by atoms with van der Waals surface area (Å²) in [5.74, 6) is -0.221. The second-order valence-corrected chi connectivity index (χ2v) is 7.89. The Balaban J connectivity index is 2.09. The fourth-order valence-corrected chi connectivity index (χ4v) is 3.92. The van der Waals surface area contributed by atoms with E-state index in [0.29, 0.717) is 12.8 Å². The van der Waals surface area contributed by atoms with Gasteiger partial charge in [-0.25, -0.2) is 18.4 Å². The standard InChI is InChI=1S/C14H18N2O5S/c1-20-13(17)14(7-9-3-4-10(8-14)21-9)12-15-6-5-11(16-12)22(2,18)19/h5-6,9-10H,3-4,7-8H2,1-2H3. The molecule has 2 atom stereocenters. The lowest BCUT2D eigenvalue weighted by Crippen LogP contribution is -2.47. The summed E-state index contributed by atoms with van der Waals surface area (Å²) in [6.07, 6.45) is 4.99. The SMILES string of the molecule is COC(=O)C1(c2nccc(S(C)(=O)=O)n2)CC2CCC(C1)O2. The summed E-state index contributed by atoms with van der Waals surface area (Å²) in [7, 11) is -2.15. The minimum atomic E-state index is -3.47. The quantitative estimate of drug-likeness (QED) is 0.594. The molecule has 8 heteroatoms. The second kappa shape index (κ2) is 5.27. The number of hydrogen-bond acceptors (Lipinski definition) is 7. The zero-order valence-electron chi connectivity index (χ0n) is 12.5. The van der Waals surface area contributed by atoms with E-state index < -0.39 is 21.2 Å². The number of carbonyl (C=O) groups is 1. The Morgan fingerprint density at radius 1 is 1.36 bits per heavy atom. The van der Waals surface area contributed by atoms with Crippen molar-refractivity contribution in [2.45, 2.75) is 48.3 Å². The van der Waals surface area contributed by atoms with Gasteiger partial charge in [0, 0.05) is 12.5 Å². The maximum absolute atomic E-state index is 12.5. The lowest BCUT2D eigenvalue weighted by Gasteiger charge is -2.36. The minimum absolute atomic E-state index is 0.0386. The fraction of sp³-hybridized carbons (Fsp3) is 0.643. The van der Waals surface area contributed by atoms with Gasteiger partial charge in [-0.15, -0.1) is 0 Å². The summed E-state index contributed by atoms with van der Waals surface area (Å²) in [5.41, 5.74) is -1.03. The monoisotopic (exact) mass is 326 g/mol. The van der Waals surface area contributed by atoms with Gasteiger partial charge in [-0.1, -0.05) is 0 Å². The highest BCUT2D eigenvalue weighted by molar-refractivity contribution is 7.90. The van der Waals surface area contributed by atoms with E-state index in [1.165, 1.54) is 19.4 Å². The molecule has 0 radical (unpaired) electrons. The van der Waals surface area contributed by atoms with Crippen molar-refractivity contribution in [2.24, 2.45) is 0 Å². The van der Waals surface area contributed by atoms with Gasteiger partial charge in [0.25, 0.3) is 0 Å². The molecule has 2 bridgehead atoms. The normalized spacial score (nSPS) is 31.0. The van der Waals surface area contributed by atoms with Crippen LogP contribution in [0.2, 0.25) is 0 Å². The molecule has 0 spiro atoms.